The minimum absolute atomic E-state index is 0.120. The lowest BCUT2D eigenvalue weighted by Gasteiger charge is -2.29. The molecule has 5 heteroatoms. The van der Waals surface area contributed by atoms with Crippen LogP contribution in [-0.4, -0.2) is 23.0 Å². The highest BCUT2D eigenvalue weighted by Crippen LogP contribution is 2.40. The van der Waals surface area contributed by atoms with Crippen LogP contribution in [0.3, 0.4) is 0 Å². The van der Waals surface area contributed by atoms with Crippen LogP contribution in [0.2, 0.25) is 0 Å². The SMILES string of the molecule is CC(C)(C)c1cc(C(C)(C)C)c(NC(=O)[C@@H]2C=Nc3ccccc3C2=O)cc1O. The number of phenolic OH excluding ortho intramolecular Hbond substituents is 1. The number of hydrogen-bond acceptors (Lipinski definition) is 4. The van der Waals surface area contributed by atoms with Gasteiger partial charge in [-0.3, -0.25) is 14.6 Å². The van der Waals surface area contributed by atoms with E-state index in [1.165, 1.54) is 6.21 Å². The first-order valence-electron chi connectivity index (χ1n) is 9.76. The Morgan fingerprint density at radius 2 is 1.62 bits per heavy atom. The summed E-state index contributed by atoms with van der Waals surface area (Å²) < 4.78 is 0. The van der Waals surface area contributed by atoms with Gasteiger partial charge in [0.2, 0.25) is 5.91 Å². The van der Waals surface area contributed by atoms with Crippen LogP contribution in [0, 0.1) is 5.92 Å². The van der Waals surface area contributed by atoms with Gasteiger partial charge in [-0.1, -0.05) is 53.7 Å². The summed E-state index contributed by atoms with van der Waals surface area (Å²) in [6.45, 7) is 12.2. The van der Waals surface area contributed by atoms with Crippen molar-refractivity contribution in [3.63, 3.8) is 0 Å². The summed E-state index contributed by atoms with van der Waals surface area (Å²) >= 11 is 0. The van der Waals surface area contributed by atoms with E-state index in [0.717, 1.165) is 11.1 Å². The molecule has 0 saturated carbocycles. The zero-order valence-electron chi connectivity index (χ0n) is 17.8. The number of para-hydroxylation sites is 1. The maximum atomic E-state index is 13.0. The van der Waals surface area contributed by atoms with Gasteiger partial charge in [-0.2, -0.15) is 0 Å². The average Bonchev–Trinajstić information content (AvgIpc) is 2.60. The van der Waals surface area contributed by atoms with Crippen molar-refractivity contribution in [2.75, 3.05) is 5.32 Å². The van der Waals surface area contributed by atoms with Gasteiger partial charge >= 0.3 is 0 Å². The van der Waals surface area contributed by atoms with Crippen molar-refractivity contribution in [3.05, 3.63) is 53.1 Å². The van der Waals surface area contributed by atoms with Crippen molar-refractivity contribution in [3.8, 4) is 5.75 Å². The van der Waals surface area contributed by atoms with Gasteiger partial charge in [0.05, 0.1) is 5.69 Å². The van der Waals surface area contributed by atoms with Gasteiger partial charge in [-0.25, -0.2) is 0 Å². The molecule has 1 atom stereocenters. The predicted molar refractivity (Wildman–Crippen MR) is 117 cm³/mol. The van der Waals surface area contributed by atoms with E-state index in [2.05, 4.69) is 10.3 Å². The maximum Gasteiger partial charge on any atom is 0.240 e. The summed E-state index contributed by atoms with van der Waals surface area (Å²) in [6.07, 6.45) is 1.39. The Bertz CT molecular complexity index is 1010. The first kappa shape index (κ1) is 20.8. The third-order valence-corrected chi connectivity index (χ3v) is 5.11. The summed E-state index contributed by atoms with van der Waals surface area (Å²) in [7, 11) is 0. The smallest absolute Gasteiger partial charge is 0.240 e. The van der Waals surface area contributed by atoms with E-state index in [0.29, 0.717) is 16.9 Å². The van der Waals surface area contributed by atoms with Crippen LogP contribution in [-0.2, 0) is 15.6 Å². The molecule has 0 radical (unpaired) electrons. The Labute approximate surface area is 171 Å². The van der Waals surface area contributed by atoms with Gasteiger partial charge < -0.3 is 10.4 Å². The molecule has 152 valence electrons. The van der Waals surface area contributed by atoms with Gasteiger partial charge in [0.15, 0.2) is 5.78 Å². The van der Waals surface area contributed by atoms with Crippen LogP contribution >= 0.6 is 0 Å². The van der Waals surface area contributed by atoms with E-state index in [1.54, 1.807) is 30.3 Å². The molecule has 0 saturated heterocycles. The molecule has 0 spiro atoms. The zero-order valence-corrected chi connectivity index (χ0v) is 17.8. The van der Waals surface area contributed by atoms with Gasteiger partial charge in [0.1, 0.15) is 11.7 Å². The molecular weight excluding hydrogens is 364 g/mol. The Kier molecular flexibility index (Phi) is 5.11. The Balaban J connectivity index is 1.97. The molecule has 1 aliphatic heterocycles. The first-order valence-corrected chi connectivity index (χ1v) is 9.76. The van der Waals surface area contributed by atoms with Crippen LogP contribution in [0.25, 0.3) is 0 Å². The lowest BCUT2D eigenvalue weighted by Crippen LogP contribution is -2.33. The number of ketones is 1. The van der Waals surface area contributed by atoms with E-state index in [4.69, 9.17) is 0 Å². The number of fused-ring (bicyclic) bond motifs is 1. The number of carbonyl (C=O) groups excluding carboxylic acids is 2. The number of nitrogens with one attached hydrogen (secondary N) is 1. The summed E-state index contributed by atoms with van der Waals surface area (Å²) in [5.41, 5.74) is 2.71. The minimum Gasteiger partial charge on any atom is -0.508 e. The fraction of sp³-hybridized carbons (Fsp3) is 0.375. The molecule has 0 aliphatic carbocycles. The van der Waals surface area contributed by atoms with Crippen molar-refractivity contribution >= 4 is 29.3 Å². The fourth-order valence-corrected chi connectivity index (χ4v) is 3.49. The summed E-state index contributed by atoms with van der Waals surface area (Å²) in [5, 5.41) is 13.4. The third-order valence-electron chi connectivity index (χ3n) is 5.11. The molecule has 0 aromatic heterocycles. The Hall–Kier alpha value is -2.95. The van der Waals surface area contributed by atoms with Crippen molar-refractivity contribution in [2.45, 2.75) is 52.4 Å². The maximum absolute atomic E-state index is 13.0. The molecule has 5 nitrogen and oxygen atoms in total. The number of nitrogens with zero attached hydrogens (tertiary/aromatic N) is 1. The Morgan fingerprint density at radius 1 is 1.00 bits per heavy atom. The zero-order chi connectivity index (χ0) is 21.6. The lowest BCUT2D eigenvalue weighted by molar-refractivity contribution is -0.116. The van der Waals surface area contributed by atoms with Gasteiger partial charge in [0, 0.05) is 23.5 Å². The molecule has 2 aromatic rings. The topological polar surface area (TPSA) is 78.8 Å². The second kappa shape index (κ2) is 7.14. The number of carbonyl (C=O) groups is 2. The normalized spacial score (nSPS) is 16.5. The molecule has 1 heterocycles. The molecular formula is C24H28N2O3. The highest BCUT2D eigenvalue weighted by Gasteiger charge is 2.32. The first-order chi connectivity index (χ1) is 13.4. The number of anilines is 1. The molecule has 1 aliphatic rings. The average molecular weight is 392 g/mol. The standard InChI is InChI=1S/C24H28N2O3/c1-23(2,3)16-11-17(24(4,5)6)20(27)12-19(16)26-22(29)15-13-25-18-10-8-7-9-14(18)21(15)28/h7-13,15,27H,1-6H3,(H,26,29)/t15-/m1/s1. The molecule has 0 fully saturated rings. The number of hydrogen-bond donors (Lipinski definition) is 2. The second-order valence-electron chi connectivity index (χ2n) is 9.54. The molecule has 0 unspecified atom stereocenters. The largest absolute Gasteiger partial charge is 0.508 e. The van der Waals surface area contributed by atoms with Crippen molar-refractivity contribution in [1.82, 2.24) is 0 Å². The van der Waals surface area contributed by atoms with Crippen molar-refractivity contribution in [1.29, 1.82) is 0 Å². The van der Waals surface area contributed by atoms with E-state index in [9.17, 15) is 14.7 Å². The second-order valence-corrected chi connectivity index (χ2v) is 9.54. The number of rotatable bonds is 2. The van der Waals surface area contributed by atoms with E-state index >= 15 is 0 Å². The van der Waals surface area contributed by atoms with Gasteiger partial charge in [-0.05, 0) is 40.2 Å². The van der Waals surface area contributed by atoms with E-state index in [-0.39, 0.29) is 22.4 Å². The number of phenols is 1. The number of benzene rings is 2. The fourth-order valence-electron chi connectivity index (χ4n) is 3.49. The molecule has 1 amide bonds. The van der Waals surface area contributed by atoms with Crippen LogP contribution in [0.15, 0.2) is 41.4 Å². The predicted octanol–water partition coefficient (Wildman–Crippen LogP) is 5.14. The number of aliphatic imine (C=N–C) groups is 1. The molecule has 2 N–H and O–H groups in total. The van der Waals surface area contributed by atoms with Gasteiger partial charge in [0.25, 0.3) is 0 Å². The molecule has 0 bridgehead atoms. The third kappa shape index (κ3) is 4.09. The quantitative estimate of drug-likeness (QED) is 0.695. The number of amides is 1. The summed E-state index contributed by atoms with van der Waals surface area (Å²) in [4.78, 5) is 30.0. The van der Waals surface area contributed by atoms with Crippen LogP contribution in [0.4, 0.5) is 11.4 Å². The van der Waals surface area contributed by atoms with Crippen LogP contribution in [0.1, 0.15) is 63.0 Å². The lowest BCUT2D eigenvalue weighted by atomic mass is 9.79. The van der Waals surface area contributed by atoms with E-state index < -0.39 is 11.8 Å². The monoisotopic (exact) mass is 392 g/mol. The highest BCUT2D eigenvalue weighted by atomic mass is 16.3. The number of aromatic hydroxyl groups is 1. The summed E-state index contributed by atoms with van der Waals surface area (Å²) in [5.74, 6) is -1.61. The van der Waals surface area contributed by atoms with Crippen LogP contribution < -0.4 is 5.32 Å². The van der Waals surface area contributed by atoms with E-state index in [1.807, 2.05) is 47.6 Å². The Morgan fingerprint density at radius 3 is 2.24 bits per heavy atom. The molecule has 29 heavy (non-hydrogen) atoms. The van der Waals surface area contributed by atoms with Gasteiger partial charge in [-0.15, -0.1) is 0 Å². The molecule has 3 rings (SSSR count). The van der Waals surface area contributed by atoms with Crippen LogP contribution in [0.5, 0.6) is 5.75 Å². The number of Topliss-reactive ketones (excluding diaryl/α,β-unsaturated/α-hetero) is 1. The molecule has 2 aromatic carbocycles. The van der Waals surface area contributed by atoms with Crippen molar-refractivity contribution < 1.29 is 14.7 Å². The highest BCUT2D eigenvalue weighted by molar-refractivity contribution is 6.25. The minimum atomic E-state index is -0.998. The summed E-state index contributed by atoms with van der Waals surface area (Å²) in [6, 6.07) is 10.5. The van der Waals surface area contributed by atoms with Crippen molar-refractivity contribution in [2.24, 2.45) is 10.9 Å².